The summed E-state index contributed by atoms with van der Waals surface area (Å²) in [5.74, 6) is 0. The number of halogens is 2. The van der Waals surface area contributed by atoms with E-state index in [-0.39, 0.29) is 9.92 Å². The standard InChI is InChI=1S/C11H11BrClN3O2S/c1-6-11(7(2)15-14-6)16-19(17,18)10-4-3-8(12)5-9(10)13/h3-5,16H,1-2H3,(H,14,15). The van der Waals surface area contributed by atoms with Gasteiger partial charge in [-0.15, -0.1) is 0 Å². The molecule has 0 aliphatic heterocycles. The number of H-pyrrole nitrogens is 1. The average Bonchev–Trinajstić information content (AvgIpc) is 2.60. The third-order valence-corrected chi connectivity index (χ3v) is 4.87. The molecule has 0 spiro atoms. The van der Waals surface area contributed by atoms with E-state index in [9.17, 15) is 8.42 Å². The first-order valence-electron chi connectivity index (χ1n) is 5.30. The number of aryl methyl sites for hydroxylation is 2. The number of aromatic amines is 1. The number of hydrogen-bond acceptors (Lipinski definition) is 3. The van der Waals surface area contributed by atoms with Crippen LogP contribution < -0.4 is 4.72 Å². The largest absolute Gasteiger partial charge is 0.280 e. The van der Waals surface area contributed by atoms with E-state index in [1.54, 1.807) is 19.9 Å². The van der Waals surface area contributed by atoms with Crippen LogP contribution in [0.3, 0.4) is 0 Å². The van der Waals surface area contributed by atoms with Gasteiger partial charge in [0.2, 0.25) is 0 Å². The molecule has 102 valence electrons. The Kier molecular flexibility index (Phi) is 3.89. The number of benzene rings is 1. The summed E-state index contributed by atoms with van der Waals surface area (Å²) >= 11 is 9.19. The van der Waals surface area contributed by atoms with Gasteiger partial charge in [-0.3, -0.25) is 9.82 Å². The van der Waals surface area contributed by atoms with Crippen molar-refractivity contribution in [3.05, 3.63) is 39.1 Å². The molecule has 0 radical (unpaired) electrons. The fraction of sp³-hybridized carbons (Fsp3) is 0.182. The summed E-state index contributed by atoms with van der Waals surface area (Å²) in [5.41, 5.74) is 1.67. The van der Waals surface area contributed by atoms with E-state index in [1.165, 1.54) is 12.1 Å². The summed E-state index contributed by atoms with van der Waals surface area (Å²) in [7, 11) is -3.74. The Morgan fingerprint density at radius 3 is 2.58 bits per heavy atom. The molecule has 0 aliphatic rings. The van der Waals surface area contributed by atoms with Gasteiger partial charge in [-0.25, -0.2) is 8.42 Å². The zero-order chi connectivity index (χ0) is 14.2. The first-order valence-corrected chi connectivity index (χ1v) is 7.96. The normalized spacial score (nSPS) is 11.6. The highest BCUT2D eigenvalue weighted by Gasteiger charge is 2.20. The molecule has 0 atom stereocenters. The summed E-state index contributed by atoms with van der Waals surface area (Å²) in [6.45, 7) is 3.45. The zero-order valence-corrected chi connectivity index (χ0v) is 13.3. The fourth-order valence-electron chi connectivity index (χ4n) is 1.58. The molecule has 2 aromatic rings. The monoisotopic (exact) mass is 363 g/mol. The second kappa shape index (κ2) is 5.15. The molecule has 0 saturated carbocycles. The highest BCUT2D eigenvalue weighted by atomic mass is 79.9. The van der Waals surface area contributed by atoms with Gasteiger partial charge in [-0.1, -0.05) is 27.5 Å². The summed E-state index contributed by atoms with van der Waals surface area (Å²) in [6.07, 6.45) is 0. The second-order valence-electron chi connectivity index (χ2n) is 3.99. The van der Waals surface area contributed by atoms with Gasteiger partial charge in [0.1, 0.15) is 4.90 Å². The molecule has 0 unspecified atom stereocenters. The highest BCUT2D eigenvalue weighted by Crippen LogP contribution is 2.28. The Morgan fingerprint density at radius 2 is 2.05 bits per heavy atom. The van der Waals surface area contributed by atoms with E-state index in [0.29, 0.717) is 21.5 Å². The molecule has 1 heterocycles. The van der Waals surface area contributed by atoms with Crippen molar-refractivity contribution in [3.8, 4) is 0 Å². The van der Waals surface area contributed by atoms with Crippen LogP contribution >= 0.6 is 27.5 Å². The van der Waals surface area contributed by atoms with E-state index in [2.05, 4.69) is 30.8 Å². The second-order valence-corrected chi connectivity index (χ2v) is 6.96. The molecule has 2 N–H and O–H groups in total. The topological polar surface area (TPSA) is 74.8 Å². The smallest absolute Gasteiger partial charge is 0.263 e. The van der Waals surface area contributed by atoms with E-state index in [1.807, 2.05) is 0 Å². The number of anilines is 1. The number of hydrogen-bond donors (Lipinski definition) is 2. The van der Waals surface area contributed by atoms with Gasteiger partial charge in [-0.2, -0.15) is 5.10 Å². The van der Waals surface area contributed by atoms with Crippen molar-refractivity contribution >= 4 is 43.2 Å². The lowest BCUT2D eigenvalue weighted by molar-refractivity contribution is 0.601. The van der Waals surface area contributed by atoms with Crippen LogP contribution in [0.25, 0.3) is 0 Å². The van der Waals surface area contributed by atoms with Crippen LogP contribution in [0.15, 0.2) is 27.6 Å². The third kappa shape index (κ3) is 2.93. The first-order chi connectivity index (χ1) is 8.81. The van der Waals surface area contributed by atoms with Gasteiger partial charge in [-0.05, 0) is 32.0 Å². The summed E-state index contributed by atoms with van der Waals surface area (Å²) in [6, 6.07) is 4.60. The Balaban J connectivity index is 2.44. The van der Waals surface area contributed by atoms with E-state index in [0.717, 1.165) is 0 Å². The van der Waals surface area contributed by atoms with Gasteiger partial charge in [0.25, 0.3) is 10.0 Å². The molecule has 8 heteroatoms. The van der Waals surface area contributed by atoms with E-state index in [4.69, 9.17) is 11.6 Å². The average molecular weight is 365 g/mol. The van der Waals surface area contributed by atoms with Crippen LogP contribution in [-0.4, -0.2) is 18.6 Å². The van der Waals surface area contributed by atoms with Crippen molar-refractivity contribution in [2.24, 2.45) is 0 Å². The van der Waals surface area contributed by atoms with Crippen LogP contribution in [0.1, 0.15) is 11.4 Å². The Morgan fingerprint density at radius 1 is 1.37 bits per heavy atom. The van der Waals surface area contributed by atoms with Gasteiger partial charge in [0, 0.05) is 4.47 Å². The minimum Gasteiger partial charge on any atom is -0.280 e. The molecule has 0 saturated heterocycles. The van der Waals surface area contributed by atoms with Crippen LogP contribution in [-0.2, 0) is 10.0 Å². The summed E-state index contributed by atoms with van der Waals surface area (Å²) in [4.78, 5) is 0.0253. The maximum absolute atomic E-state index is 12.3. The number of sulfonamides is 1. The summed E-state index contributed by atoms with van der Waals surface area (Å²) in [5, 5.41) is 6.81. The lowest BCUT2D eigenvalue weighted by Crippen LogP contribution is -2.14. The quantitative estimate of drug-likeness (QED) is 0.878. The highest BCUT2D eigenvalue weighted by molar-refractivity contribution is 9.10. The number of nitrogens with zero attached hydrogens (tertiary/aromatic N) is 1. The molecular formula is C11H11BrClN3O2S. The lowest BCUT2D eigenvalue weighted by atomic mass is 10.3. The predicted molar refractivity (Wildman–Crippen MR) is 78.0 cm³/mol. The van der Waals surface area contributed by atoms with Crippen molar-refractivity contribution in [3.63, 3.8) is 0 Å². The molecule has 1 aromatic carbocycles. The number of aromatic nitrogens is 2. The number of rotatable bonds is 3. The van der Waals surface area contributed by atoms with Crippen LogP contribution in [0.4, 0.5) is 5.69 Å². The van der Waals surface area contributed by atoms with Gasteiger partial charge >= 0.3 is 0 Å². The minimum atomic E-state index is -3.74. The molecule has 0 amide bonds. The van der Waals surface area contributed by atoms with Crippen molar-refractivity contribution in [2.45, 2.75) is 18.7 Å². The third-order valence-electron chi connectivity index (χ3n) is 2.55. The molecule has 19 heavy (non-hydrogen) atoms. The maximum Gasteiger partial charge on any atom is 0.263 e. The maximum atomic E-state index is 12.3. The molecular weight excluding hydrogens is 354 g/mol. The van der Waals surface area contributed by atoms with Crippen molar-refractivity contribution in [1.82, 2.24) is 10.2 Å². The van der Waals surface area contributed by atoms with Crippen molar-refractivity contribution in [1.29, 1.82) is 0 Å². The Labute approximate surface area is 124 Å². The van der Waals surface area contributed by atoms with Gasteiger partial charge < -0.3 is 0 Å². The summed E-state index contributed by atoms with van der Waals surface area (Å²) < 4.78 is 27.8. The van der Waals surface area contributed by atoms with Crippen LogP contribution in [0.2, 0.25) is 5.02 Å². The molecule has 2 rings (SSSR count). The van der Waals surface area contributed by atoms with Gasteiger partial charge in [0.15, 0.2) is 0 Å². The SMILES string of the molecule is Cc1n[nH]c(C)c1NS(=O)(=O)c1ccc(Br)cc1Cl. The number of nitrogens with one attached hydrogen (secondary N) is 2. The molecule has 0 fully saturated rings. The predicted octanol–water partition coefficient (Wildman–Crippen LogP) is 3.24. The van der Waals surface area contributed by atoms with E-state index < -0.39 is 10.0 Å². The van der Waals surface area contributed by atoms with Crippen LogP contribution in [0.5, 0.6) is 0 Å². The molecule has 0 bridgehead atoms. The first kappa shape index (κ1) is 14.4. The molecule has 0 aliphatic carbocycles. The minimum absolute atomic E-state index is 0.0253. The van der Waals surface area contributed by atoms with Crippen LogP contribution in [0, 0.1) is 13.8 Å². The van der Waals surface area contributed by atoms with E-state index >= 15 is 0 Å². The Bertz CT molecular complexity index is 708. The van der Waals surface area contributed by atoms with Crippen molar-refractivity contribution < 1.29 is 8.42 Å². The fourth-order valence-corrected chi connectivity index (χ4v) is 3.80. The molecule has 5 nitrogen and oxygen atoms in total. The lowest BCUT2D eigenvalue weighted by Gasteiger charge is -2.09. The van der Waals surface area contributed by atoms with Crippen molar-refractivity contribution in [2.75, 3.05) is 4.72 Å². The zero-order valence-electron chi connectivity index (χ0n) is 10.2. The molecule has 1 aromatic heterocycles. The Hall–Kier alpha value is -1.05. The van der Waals surface area contributed by atoms with Gasteiger partial charge in [0.05, 0.1) is 22.1 Å².